The summed E-state index contributed by atoms with van der Waals surface area (Å²) in [7, 11) is 0. The maximum Gasteiger partial charge on any atom is 0.336 e. The van der Waals surface area contributed by atoms with Crippen LogP contribution in [0.2, 0.25) is 0 Å². The minimum Gasteiger partial charge on any atom is -0.478 e. The number of nitro benzene ring substituents is 1. The molecule has 0 bridgehead atoms. The van der Waals surface area contributed by atoms with Crippen molar-refractivity contribution >= 4 is 34.8 Å². The normalized spacial score (nSPS) is 10.2. The summed E-state index contributed by atoms with van der Waals surface area (Å²) in [5, 5.41) is 21.6. The van der Waals surface area contributed by atoms with Crippen LogP contribution in [0.5, 0.6) is 0 Å². The van der Waals surface area contributed by atoms with E-state index in [4.69, 9.17) is 5.11 Å². The molecule has 1 aromatic carbocycles. The fourth-order valence-corrected chi connectivity index (χ4v) is 3.20. The predicted molar refractivity (Wildman–Crippen MR) is 68.5 cm³/mol. The van der Waals surface area contributed by atoms with Crippen molar-refractivity contribution in [3.8, 4) is 0 Å². The molecule has 0 saturated carbocycles. The number of thiophene rings is 1. The lowest BCUT2D eigenvalue weighted by molar-refractivity contribution is -0.385. The van der Waals surface area contributed by atoms with Gasteiger partial charge in [-0.2, -0.15) is 0 Å². The second kappa shape index (κ2) is 5.19. The molecule has 1 N–H and O–H groups in total. The van der Waals surface area contributed by atoms with E-state index < -0.39 is 10.9 Å². The van der Waals surface area contributed by atoms with Crippen molar-refractivity contribution in [2.24, 2.45) is 0 Å². The second-order valence-electron chi connectivity index (χ2n) is 3.28. The Morgan fingerprint density at radius 2 is 2.17 bits per heavy atom. The van der Waals surface area contributed by atoms with E-state index in [1.807, 2.05) is 17.5 Å². The van der Waals surface area contributed by atoms with Gasteiger partial charge in [-0.05, 0) is 17.5 Å². The molecule has 0 fully saturated rings. The molecule has 7 heteroatoms. The van der Waals surface area contributed by atoms with E-state index in [0.717, 1.165) is 4.21 Å². The average Bonchev–Trinajstić information content (AvgIpc) is 2.81. The number of rotatable bonds is 4. The number of carboxylic acid groups (broad SMARTS) is 1. The topological polar surface area (TPSA) is 80.4 Å². The first kappa shape index (κ1) is 12.6. The molecule has 1 heterocycles. The van der Waals surface area contributed by atoms with Crippen molar-refractivity contribution in [2.45, 2.75) is 9.10 Å². The van der Waals surface area contributed by atoms with E-state index in [9.17, 15) is 14.9 Å². The molecule has 0 atom stereocenters. The zero-order valence-corrected chi connectivity index (χ0v) is 10.5. The van der Waals surface area contributed by atoms with Crippen LogP contribution in [0.4, 0.5) is 5.69 Å². The van der Waals surface area contributed by atoms with Crippen LogP contribution in [-0.2, 0) is 0 Å². The summed E-state index contributed by atoms with van der Waals surface area (Å²) in [4.78, 5) is 21.6. The van der Waals surface area contributed by atoms with E-state index in [2.05, 4.69) is 0 Å². The van der Waals surface area contributed by atoms with Crippen LogP contribution in [-0.4, -0.2) is 16.0 Å². The highest BCUT2D eigenvalue weighted by Crippen LogP contribution is 2.35. The standard InChI is InChI=1S/C11H7NO4S2/c13-11(14)8-4-3-7(12(15)16)6-9(8)18-10-2-1-5-17-10/h1-6H,(H,13,14). The number of hydrogen-bond donors (Lipinski definition) is 1. The Bertz CT molecular complexity index is 595. The van der Waals surface area contributed by atoms with Gasteiger partial charge in [-0.3, -0.25) is 10.1 Å². The molecule has 0 radical (unpaired) electrons. The van der Waals surface area contributed by atoms with E-state index >= 15 is 0 Å². The molecule has 0 aliphatic carbocycles. The molecule has 5 nitrogen and oxygen atoms in total. The third-order valence-corrected chi connectivity index (χ3v) is 4.21. The Hall–Kier alpha value is -1.86. The van der Waals surface area contributed by atoms with Crippen molar-refractivity contribution < 1.29 is 14.8 Å². The van der Waals surface area contributed by atoms with Crippen LogP contribution in [0.15, 0.2) is 44.8 Å². The lowest BCUT2D eigenvalue weighted by atomic mass is 10.2. The summed E-state index contributed by atoms with van der Waals surface area (Å²) in [6.45, 7) is 0. The smallest absolute Gasteiger partial charge is 0.336 e. The van der Waals surface area contributed by atoms with Crippen molar-refractivity contribution in [3.05, 3.63) is 51.4 Å². The van der Waals surface area contributed by atoms with Gasteiger partial charge in [0.2, 0.25) is 0 Å². The van der Waals surface area contributed by atoms with Gasteiger partial charge in [0.15, 0.2) is 0 Å². The zero-order valence-electron chi connectivity index (χ0n) is 8.90. The molecular weight excluding hydrogens is 274 g/mol. The Morgan fingerprint density at radius 1 is 1.39 bits per heavy atom. The molecule has 0 spiro atoms. The fourth-order valence-electron chi connectivity index (χ4n) is 1.32. The molecule has 0 aliphatic heterocycles. The highest BCUT2D eigenvalue weighted by molar-refractivity contribution is 8.01. The number of benzene rings is 1. The van der Waals surface area contributed by atoms with Crippen molar-refractivity contribution in [1.29, 1.82) is 0 Å². The lowest BCUT2D eigenvalue weighted by Gasteiger charge is -2.03. The van der Waals surface area contributed by atoms with Crippen LogP contribution in [0.25, 0.3) is 0 Å². The van der Waals surface area contributed by atoms with Gasteiger partial charge in [0.05, 0.1) is 14.7 Å². The van der Waals surface area contributed by atoms with Crippen LogP contribution in [0.3, 0.4) is 0 Å². The molecule has 0 unspecified atom stereocenters. The van der Waals surface area contributed by atoms with Gasteiger partial charge in [0.25, 0.3) is 5.69 Å². The van der Waals surface area contributed by atoms with Gasteiger partial charge >= 0.3 is 5.97 Å². The molecule has 2 aromatic rings. The van der Waals surface area contributed by atoms with Crippen molar-refractivity contribution in [3.63, 3.8) is 0 Å². The Kier molecular flexibility index (Phi) is 3.63. The van der Waals surface area contributed by atoms with E-state index in [-0.39, 0.29) is 11.3 Å². The summed E-state index contributed by atoms with van der Waals surface area (Å²) >= 11 is 2.67. The SMILES string of the molecule is O=C(O)c1ccc([N+](=O)[O-])cc1Sc1cccs1. The molecule has 2 rings (SSSR count). The van der Waals surface area contributed by atoms with Gasteiger partial charge < -0.3 is 5.11 Å². The largest absolute Gasteiger partial charge is 0.478 e. The summed E-state index contributed by atoms with van der Waals surface area (Å²) in [5.41, 5.74) is -0.0435. The summed E-state index contributed by atoms with van der Waals surface area (Å²) in [6.07, 6.45) is 0. The van der Waals surface area contributed by atoms with Gasteiger partial charge in [-0.1, -0.05) is 17.8 Å². The molecule has 92 valence electrons. The number of carboxylic acids is 1. The molecule has 18 heavy (non-hydrogen) atoms. The first-order valence-corrected chi connectivity index (χ1v) is 6.50. The van der Waals surface area contributed by atoms with E-state index in [1.54, 1.807) is 0 Å². The minimum absolute atomic E-state index is 0.0685. The Balaban J connectivity index is 2.43. The molecule has 0 saturated heterocycles. The third kappa shape index (κ3) is 2.69. The molecule has 0 aliphatic rings. The third-order valence-electron chi connectivity index (χ3n) is 2.11. The summed E-state index contributed by atoms with van der Waals surface area (Å²) in [5.74, 6) is -1.09. The lowest BCUT2D eigenvalue weighted by Crippen LogP contribution is -1.99. The maximum absolute atomic E-state index is 11.1. The van der Waals surface area contributed by atoms with E-state index in [1.165, 1.54) is 41.3 Å². The number of non-ortho nitro benzene ring substituents is 1. The first-order chi connectivity index (χ1) is 8.58. The highest BCUT2D eigenvalue weighted by atomic mass is 32.2. The predicted octanol–water partition coefficient (Wildman–Crippen LogP) is 3.51. The van der Waals surface area contributed by atoms with Crippen LogP contribution >= 0.6 is 23.1 Å². The zero-order chi connectivity index (χ0) is 13.1. The van der Waals surface area contributed by atoms with Gasteiger partial charge in [-0.25, -0.2) is 4.79 Å². The van der Waals surface area contributed by atoms with Gasteiger partial charge in [-0.15, -0.1) is 11.3 Å². The molecule has 1 aromatic heterocycles. The second-order valence-corrected chi connectivity index (χ2v) is 5.57. The number of nitro groups is 1. The molecule has 0 amide bonds. The Labute approximate surface area is 110 Å². The van der Waals surface area contributed by atoms with Crippen LogP contribution < -0.4 is 0 Å². The average molecular weight is 281 g/mol. The number of hydrogen-bond acceptors (Lipinski definition) is 5. The number of carbonyl (C=O) groups is 1. The monoisotopic (exact) mass is 281 g/mol. The summed E-state index contributed by atoms with van der Waals surface area (Å²) in [6, 6.07) is 7.41. The van der Waals surface area contributed by atoms with Gasteiger partial charge in [0.1, 0.15) is 0 Å². The quantitative estimate of drug-likeness (QED) is 0.685. The number of aromatic carboxylic acids is 1. The number of nitrogens with zero attached hydrogens (tertiary/aromatic N) is 1. The van der Waals surface area contributed by atoms with Crippen LogP contribution in [0, 0.1) is 10.1 Å². The minimum atomic E-state index is -1.09. The summed E-state index contributed by atoms with van der Waals surface area (Å²) < 4.78 is 0.887. The van der Waals surface area contributed by atoms with Gasteiger partial charge in [0, 0.05) is 17.0 Å². The maximum atomic E-state index is 11.1. The fraction of sp³-hybridized carbons (Fsp3) is 0. The highest BCUT2D eigenvalue weighted by Gasteiger charge is 2.16. The molecular formula is C11H7NO4S2. The Morgan fingerprint density at radius 3 is 2.72 bits per heavy atom. The van der Waals surface area contributed by atoms with Crippen molar-refractivity contribution in [1.82, 2.24) is 0 Å². The first-order valence-electron chi connectivity index (χ1n) is 4.81. The van der Waals surface area contributed by atoms with E-state index in [0.29, 0.717) is 4.90 Å². The van der Waals surface area contributed by atoms with Crippen LogP contribution in [0.1, 0.15) is 10.4 Å². The van der Waals surface area contributed by atoms with Crippen molar-refractivity contribution in [2.75, 3.05) is 0 Å².